The molecule has 0 spiro atoms. The van der Waals surface area contributed by atoms with Gasteiger partial charge in [-0.3, -0.25) is 4.40 Å². The summed E-state index contributed by atoms with van der Waals surface area (Å²) < 4.78 is 1.60. The summed E-state index contributed by atoms with van der Waals surface area (Å²) >= 11 is 5.82. The molecule has 116 valence electrons. The largest absolute Gasteiger partial charge is 0.504 e. The first-order chi connectivity index (χ1) is 11.0. The summed E-state index contributed by atoms with van der Waals surface area (Å²) in [5, 5.41) is 27.1. The number of aromatic nitrogens is 2. The second kappa shape index (κ2) is 5.69. The SMILES string of the molecule is Cc1nc2c(O)cccn2c1N=Nc1ccc(Cl)c(C(=O)O)c1. The third kappa shape index (κ3) is 2.74. The molecule has 0 aliphatic carbocycles. The highest BCUT2D eigenvalue weighted by Crippen LogP contribution is 2.28. The van der Waals surface area contributed by atoms with Crippen molar-refractivity contribution in [3.8, 4) is 5.75 Å². The number of rotatable bonds is 3. The highest BCUT2D eigenvalue weighted by molar-refractivity contribution is 6.33. The van der Waals surface area contributed by atoms with Crippen LogP contribution < -0.4 is 0 Å². The maximum absolute atomic E-state index is 11.1. The second-order valence-corrected chi connectivity index (χ2v) is 5.18. The van der Waals surface area contributed by atoms with Gasteiger partial charge in [-0.2, -0.15) is 0 Å². The molecule has 23 heavy (non-hydrogen) atoms. The van der Waals surface area contributed by atoms with Crippen LogP contribution in [0.3, 0.4) is 0 Å². The Morgan fingerprint density at radius 1 is 1.30 bits per heavy atom. The second-order valence-electron chi connectivity index (χ2n) is 4.78. The number of imidazole rings is 1. The minimum Gasteiger partial charge on any atom is -0.504 e. The molecule has 2 heterocycles. The molecule has 8 heteroatoms. The molecule has 7 nitrogen and oxygen atoms in total. The molecule has 2 N–H and O–H groups in total. The van der Waals surface area contributed by atoms with E-state index in [1.807, 2.05) is 0 Å². The molecule has 0 amide bonds. The van der Waals surface area contributed by atoms with E-state index >= 15 is 0 Å². The Morgan fingerprint density at radius 3 is 2.83 bits per heavy atom. The summed E-state index contributed by atoms with van der Waals surface area (Å²) in [5.74, 6) is -0.651. The third-order valence-electron chi connectivity index (χ3n) is 3.21. The van der Waals surface area contributed by atoms with E-state index in [2.05, 4.69) is 15.2 Å². The Morgan fingerprint density at radius 2 is 2.09 bits per heavy atom. The van der Waals surface area contributed by atoms with Gasteiger partial charge >= 0.3 is 5.97 Å². The molecular weight excluding hydrogens is 320 g/mol. The number of azo groups is 1. The molecular formula is C15H11ClN4O3. The van der Waals surface area contributed by atoms with Crippen molar-refractivity contribution < 1.29 is 15.0 Å². The van der Waals surface area contributed by atoms with E-state index in [1.54, 1.807) is 29.7 Å². The summed E-state index contributed by atoms with van der Waals surface area (Å²) in [7, 11) is 0. The normalized spacial score (nSPS) is 11.4. The lowest BCUT2D eigenvalue weighted by molar-refractivity contribution is 0.0697. The lowest BCUT2D eigenvalue weighted by atomic mass is 10.2. The number of aromatic carboxylic acids is 1. The number of benzene rings is 1. The van der Waals surface area contributed by atoms with Crippen LogP contribution in [0.5, 0.6) is 5.75 Å². The number of fused-ring (bicyclic) bond motifs is 1. The van der Waals surface area contributed by atoms with Gasteiger partial charge in [0.15, 0.2) is 17.2 Å². The van der Waals surface area contributed by atoms with Crippen LogP contribution in [0.15, 0.2) is 46.8 Å². The molecule has 1 aromatic carbocycles. The molecule has 3 rings (SSSR count). The molecule has 0 unspecified atom stereocenters. The predicted octanol–water partition coefficient (Wildman–Crippen LogP) is 4.12. The van der Waals surface area contributed by atoms with Gasteiger partial charge in [0.25, 0.3) is 0 Å². The van der Waals surface area contributed by atoms with Crippen LogP contribution in [-0.4, -0.2) is 25.6 Å². The Labute approximate surface area is 135 Å². The van der Waals surface area contributed by atoms with E-state index in [0.29, 0.717) is 22.8 Å². The van der Waals surface area contributed by atoms with Crippen molar-refractivity contribution in [2.24, 2.45) is 10.2 Å². The number of carbonyl (C=O) groups is 1. The van der Waals surface area contributed by atoms with Crippen molar-refractivity contribution in [3.05, 3.63) is 52.8 Å². The molecule has 2 aromatic heterocycles. The van der Waals surface area contributed by atoms with Gasteiger partial charge in [0, 0.05) is 6.20 Å². The van der Waals surface area contributed by atoms with E-state index < -0.39 is 5.97 Å². The maximum Gasteiger partial charge on any atom is 0.337 e. The van der Waals surface area contributed by atoms with Gasteiger partial charge in [-0.05, 0) is 37.3 Å². The summed E-state index contributed by atoms with van der Waals surface area (Å²) in [5.41, 5.74) is 1.26. The van der Waals surface area contributed by atoms with E-state index in [1.165, 1.54) is 18.2 Å². The zero-order valence-electron chi connectivity index (χ0n) is 11.9. The summed E-state index contributed by atoms with van der Waals surface area (Å²) in [4.78, 5) is 15.3. The Balaban J connectivity index is 2.04. The van der Waals surface area contributed by atoms with Gasteiger partial charge in [0.2, 0.25) is 0 Å². The number of pyridine rings is 1. The van der Waals surface area contributed by atoms with Gasteiger partial charge in [0.05, 0.1) is 22.0 Å². The first kappa shape index (κ1) is 15.0. The minimum absolute atomic E-state index is 0.0386. The van der Waals surface area contributed by atoms with Gasteiger partial charge in [-0.25, -0.2) is 9.78 Å². The molecule has 0 bridgehead atoms. The molecule has 0 fully saturated rings. The highest BCUT2D eigenvalue weighted by Gasteiger charge is 2.12. The van der Waals surface area contributed by atoms with Gasteiger partial charge < -0.3 is 10.2 Å². The average molecular weight is 331 g/mol. The topological polar surface area (TPSA) is 99.5 Å². The maximum atomic E-state index is 11.1. The van der Waals surface area contributed by atoms with Crippen LogP contribution in [0.25, 0.3) is 5.65 Å². The van der Waals surface area contributed by atoms with Gasteiger partial charge in [-0.1, -0.05) is 11.6 Å². The number of aryl methyl sites for hydroxylation is 1. The molecule has 0 atom stereocenters. The number of hydrogen-bond donors (Lipinski definition) is 2. The Bertz CT molecular complexity index is 949. The Hall–Kier alpha value is -2.93. The highest BCUT2D eigenvalue weighted by atomic mass is 35.5. The van der Waals surface area contributed by atoms with E-state index in [0.717, 1.165) is 0 Å². The zero-order valence-corrected chi connectivity index (χ0v) is 12.7. The van der Waals surface area contributed by atoms with Gasteiger partial charge in [-0.15, -0.1) is 10.2 Å². The third-order valence-corrected chi connectivity index (χ3v) is 3.54. The molecule has 0 aliphatic rings. The standard InChI is InChI=1S/C15H11ClN4O3/c1-8-13(20-6-2-3-12(21)14(20)17-8)19-18-9-4-5-11(16)10(7-9)15(22)23/h2-7,21H,1H3,(H,22,23). The molecule has 0 radical (unpaired) electrons. The van der Waals surface area contributed by atoms with Crippen LogP contribution in [0.2, 0.25) is 5.02 Å². The summed E-state index contributed by atoms with van der Waals surface area (Å²) in [6, 6.07) is 7.54. The first-order valence-electron chi connectivity index (χ1n) is 6.58. The molecule has 0 aliphatic heterocycles. The van der Waals surface area contributed by atoms with Crippen molar-refractivity contribution in [2.45, 2.75) is 6.92 Å². The number of aromatic hydroxyl groups is 1. The Kier molecular flexibility index (Phi) is 3.71. The number of carboxylic acid groups (broad SMARTS) is 1. The quantitative estimate of drug-likeness (QED) is 0.705. The molecule has 3 aromatic rings. The van der Waals surface area contributed by atoms with E-state index in [9.17, 15) is 9.90 Å². The van der Waals surface area contributed by atoms with Crippen LogP contribution in [0, 0.1) is 6.92 Å². The summed E-state index contributed by atoms with van der Waals surface area (Å²) in [6.45, 7) is 1.74. The van der Waals surface area contributed by atoms with Crippen LogP contribution in [0.4, 0.5) is 11.5 Å². The zero-order chi connectivity index (χ0) is 16.6. The fourth-order valence-electron chi connectivity index (χ4n) is 2.12. The minimum atomic E-state index is -1.14. The van der Waals surface area contributed by atoms with Gasteiger partial charge in [0.1, 0.15) is 0 Å². The van der Waals surface area contributed by atoms with Crippen molar-refractivity contribution in [2.75, 3.05) is 0 Å². The van der Waals surface area contributed by atoms with Crippen LogP contribution >= 0.6 is 11.6 Å². The monoisotopic (exact) mass is 330 g/mol. The molecule has 0 saturated carbocycles. The number of carboxylic acids is 1. The number of halogens is 1. The van der Waals surface area contributed by atoms with Crippen LogP contribution in [0.1, 0.15) is 16.1 Å². The lowest BCUT2D eigenvalue weighted by Gasteiger charge is -2.00. The lowest BCUT2D eigenvalue weighted by Crippen LogP contribution is -1.96. The van der Waals surface area contributed by atoms with E-state index in [-0.39, 0.29) is 16.3 Å². The number of hydrogen-bond acceptors (Lipinski definition) is 5. The smallest absolute Gasteiger partial charge is 0.337 e. The van der Waals surface area contributed by atoms with Crippen molar-refractivity contribution in [3.63, 3.8) is 0 Å². The van der Waals surface area contributed by atoms with Crippen molar-refractivity contribution >= 4 is 34.7 Å². The van der Waals surface area contributed by atoms with Crippen molar-refractivity contribution in [1.82, 2.24) is 9.38 Å². The van der Waals surface area contributed by atoms with E-state index in [4.69, 9.17) is 16.7 Å². The fourth-order valence-corrected chi connectivity index (χ4v) is 2.32. The molecule has 0 saturated heterocycles. The average Bonchev–Trinajstić information content (AvgIpc) is 2.83. The number of nitrogens with zero attached hydrogens (tertiary/aromatic N) is 4. The van der Waals surface area contributed by atoms with Crippen molar-refractivity contribution in [1.29, 1.82) is 0 Å². The fraction of sp³-hybridized carbons (Fsp3) is 0.0667. The first-order valence-corrected chi connectivity index (χ1v) is 6.96. The predicted molar refractivity (Wildman–Crippen MR) is 84.2 cm³/mol. The summed E-state index contributed by atoms with van der Waals surface area (Å²) in [6.07, 6.45) is 1.70. The van der Waals surface area contributed by atoms with Crippen LogP contribution in [-0.2, 0) is 0 Å².